The standard InChI is InChI=1S/C38H48FN7O3/c1-25-20-29(33(39)34(40-25)28-8-6-7-9-32(28)49-5)35(47)42-36-41-30-11-10-27(21-31(30)46(36)22-37(2,3)48)44-16-12-26(13-17-44)45-23-38(24-45)14-18-43(4)19-15-38/h6-11,20-21,26,48H,12-19,22-24H2,1-5H3,(H,41,42,47). The Morgan fingerprint density at radius 3 is 2.47 bits per heavy atom. The Balaban J connectivity index is 1.11. The largest absolute Gasteiger partial charge is 0.496 e. The number of methoxy groups -OCH3 is 1. The number of carbonyl (C=O) groups excluding carboxylic acids is 1. The van der Waals surface area contributed by atoms with Crippen molar-refractivity contribution in [2.45, 2.75) is 64.6 Å². The van der Waals surface area contributed by atoms with Gasteiger partial charge in [0.05, 0.1) is 35.9 Å². The summed E-state index contributed by atoms with van der Waals surface area (Å²) in [7, 11) is 3.74. The summed E-state index contributed by atoms with van der Waals surface area (Å²) in [5.74, 6) is -0.698. The maximum atomic E-state index is 16.0. The first kappa shape index (κ1) is 33.4. The first-order valence-corrected chi connectivity index (χ1v) is 17.4. The number of hydrogen-bond acceptors (Lipinski definition) is 8. The minimum absolute atomic E-state index is 0.0384. The lowest BCUT2D eigenvalue weighted by Crippen LogP contribution is -2.63. The Morgan fingerprint density at radius 2 is 1.78 bits per heavy atom. The van der Waals surface area contributed by atoms with Gasteiger partial charge in [0.25, 0.3) is 5.91 Å². The highest BCUT2D eigenvalue weighted by atomic mass is 19.1. The van der Waals surface area contributed by atoms with Crippen molar-refractivity contribution in [3.05, 3.63) is 65.6 Å². The molecule has 7 rings (SSSR count). The van der Waals surface area contributed by atoms with Gasteiger partial charge < -0.3 is 24.2 Å². The number of nitrogens with one attached hydrogen (secondary N) is 1. The molecule has 3 aliphatic rings. The van der Waals surface area contributed by atoms with Crippen LogP contribution in [-0.2, 0) is 6.54 Å². The van der Waals surface area contributed by atoms with Crippen LogP contribution in [0.25, 0.3) is 22.3 Å². The van der Waals surface area contributed by atoms with Gasteiger partial charge in [-0.15, -0.1) is 0 Å². The number of anilines is 2. The summed E-state index contributed by atoms with van der Waals surface area (Å²) in [6.45, 7) is 12.2. The van der Waals surface area contributed by atoms with Crippen LogP contribution in [0, 0.1) is 18.2 Å². The third-order valence-electron chi connectivity index (χ3n) is 10.7. The fourth-order valence-corrected chi connectivity index (χ4v) is 7.93. The van der Waals surface area contributed by atoms with E-state index in [1.807, 2.05) is 10.6 Å². The molecule has 49 heavy (non-hydrogen) atoms. The molecule has 2 aromatic heterocycles. The molecule has 2 N–H and O–H groups in total. The van der Waals surface area contributed by atoms with Crippen molar-refractivity contribution in [2.24, 2.45) is 5.41 Å². The number of aromatic nitrogens is 3. The van der Waals surface area contributed by atoms with Gasteiger partial charge in [0.2, 0.25) is 5.95 Å². The second-order valence-corrected chi connectivity index (χ2v) is 15.1. The normalized spacial score (nSPS) is 19.0. The van der Waals surface area contributed by atoms with Gasteiger partial charge in [0.1, 0.15) is 11.4 Å². The van der Waals surface area contributed by atoms with Gasteiger partial charge in [-0.25, -0.2) is 14.4 Å². The highest BCUT2D eigenvalue weighted by molar-refractivity contribution is 6.05. The molecular weight excluding hydrogens is 621 g/mol. The minimum Gasteiger partial charge on any atom is -0.496 e. The fraction of sp³-hybridized carbons (Fsp3) is 0.500. The Morgan fingerprint density at radius 1 is 1.06 bits per heavy atom. The van der Waals surface area contributed by atoms with Crippen molar-refractivity contribution >= 4 is 28.6 Å². The third-order valence-corrected chi connectivity index (χ3v) is 10.7. The molecule has 0 saturated carbocycles. The van der Waals surface area contributed by atoms with Crippen LogP contribution in [0.2, 0.25) is 0 Å². The number of aryl methyl sites for hydroxylation is 1. The van der Waals surface area contributed by atoms with Crippen LogP contribution in [0.3, 0.4) is 0 Å². The van der Waals surface area contributed by atoms with Crippen molar-refractivity contribution in [1.82, 2.24) is 24.3 Å². The number of rotatable bonds is 8. The molecule has 0 radical (unpaired) electrons. The maximum absolute atomic E-state index is 16.0. The Bertz CT molecular complexity index is 1840. The van der Waals surface area contributed by atoms with Gasteiger partial charge in [0.15, 0.2) is 5.82 Å². The van der Waals surface area contributed by atoms with Gasteiger partial charge in [-0.2, -0.15) is 0 Å². The molecule has 4 aromatic rings. The second kappa shape index (κ2) is 13.0. The van der Waals surface area contributed by atoms with Crippen molar-refractivity contribution in [1.29, 1.82) is 0 Å². The third kappa shape index (κ3) is 6.76. The number of pyridine rings is 1. The molecule has 0 atom stereocenters. The van der Waals surface area contributed by atoms with Crippen LogP contribution in [-0.4, -0.2) is 100 Å². The number of fused-ring (bicyclic) bond motifs is 1. The molecule has 260 valence electrons. The number of likely N-dealkylation sites (tertiary alicyclic amines) is 2. The van der Waals surface area contributed by atoms with Gasteiger partial charge in [-0.05, 0) is 108 Å². The average molecular weight is 670 g/mol. The SMILES string of the molecule is COc1ccccc1-c1nc(C)cc(C(=O)Nc2nc3ccc(N4CCC(N5CC6(CCN(C)CC6)C5)CC4)cc3n2CC(C)(C)O)c1F. The molecule has 2 aromatic carbocycles. The lowest BCUT2D eigenvalue weighted by molar-refractivity contribution is -0.0704. The van der Waals surface area contributed by atoms with E-state index in [0.29, 0.717) is 34.0 Å². The number of hydrogen-bond donors (Lipinski definition) is 2. The smallest absolute Gasteiger partial charge is 0.261 e. The van der Waals surface area contributed by atoms with E-state index >= 15 is 4.39 Å². The Labute approximate surface area is 287 Å². The molecule has 10 nitrogen and oxygen atoms in total. The Kier molecular flexibility index (Phi) is 8.87. The van der Waals surface area contributed by atoms with Crippen LogP contribution >= 0.6 is 0 Å². The summed E-state index contributed by atoms with van der Waals surface area (Å²) in [6, 6.07) is 15.2. The lowest BCUT2D eigenvalue weighted by Gasteiger charge is -2.57. The number of halogens is 1. The summed E-state index contributed by atoms with van der Waals surface area (Å²) in [5, 5.41) is 13.7. The van der Waals surface area contributed by atoms with Crippen LogP contribution in [0.5, 0.6) is 5.75 Å². The van der Waals surface area contributed by atoms with E-state index in [1.165, 1.54) is 52.2 Å². The van der Waals surface area contributed by atoms with Crippen LogP contribution in [0.1, 0.15) is 55.6 Å². The van der Waals surface area contributed by atoms with Crippen molar-refractivity contribution in [2.75, 3.05) is 63.6 Å². The van der Waals surface area contributed by atoms with Crippen LogP contribution in [0.4, 0.5) is 16.0 Å². The zero-order valence-corrected chi connectivity index (χ0v) is 29.3. The quantitative estimate of drug-likeness (QED) is 0.251. The summed E-state index contributed by atoms with van der Waals surface area (Å²) in [6.07, 6.45) is 4.90. The van der Waals surface area contributed by atoms with Gasteiger partial charge in [-0.3, -0.25) is 15.0 Å². The molecule has 3 saturated heterocycles. The van der Waals surface area contributed by atoms with Crippen LogP contribution in [0.15, 0.2) is 48.5 Å². The summed E-state index contributed by atoms with van der Waals surface area (Å²) >= 11 is 0. The summed E-state index contributed by atoms with van der Waals surface area (Å²) < 4.78 is 23.3. The number of ether oxygens (including phenoxy) is 1. The van der Waals surface area contributed by atoms with Crippen molar-refractivity contribution in [3.8, 4) is 17.0 Å². The summed E-state index contributed by atoms with van der Waals surface area (Å²) in [4.78, 5) is 30.5. The minimum atomic E-state index is -1.10. The molecule has 0 unspecified atom stereocenters. The molecule has 5 heterocycles. The van der Waals surface area contributed by atoms with Crippen molar-refractivity contribution in [3.63, 3.8) is 0 Å². The number of piperidine rings is 2. The number of nitrogens with zero attached hydrogens (tertiary/aromatic N) is 6. The van der Waals surface area contributed by atoms with Crippen LogP contribution < -0.4 is 15.0 Å². The van der Waals surface area contributed by atoms with Gasteiger partial charge in [-0.1, -0.05) is 12.1 Å². The molecule has 11 heteroatoms. The fourth-order valence-electron chi connectivity index (χ4n) is 7.93. The average Bonchev–Trinajstić information content (AvgIpc) is 3.39. The number of para-hydroxylation sites is 1. The lowest BCUT2D eigenvalue weighted by atomic mass is 9.71. The van der Waals surface area contributed by atoms with E-state index in [-0.39, 0.29) is 23.8 Å². The predicted molar refractivity (Wildman–Crippen MR) is 191 cm³/mol. The first-order chi connectivity index (χ1) is 23.4. The zero-order valence-electron chi connectivity index (χ0n) is 29.3. The van der Waals surface area contributed by atoms with E-state index < -0.39 is 17.3 Å². The molecular formula is C38H48FN7O3. The Hall–Kier alpha value is -4.06. The summed E-state index contributed by atoms with van der Waals surface area (Å²) in [5.41, 5.74) is 2.85. The molecule has 0 bridgehead atoms. The van der Waals surface area contributed by atoms with E-state index in [0.717, 1.165) is 37.1 Å². The molecule has 1 amide bonds. The van der Waals surface area contributed by atoms with Crippen molar-refractivity contribution < 1.29 is 19.0 Å². The van der Waals surface area contributed by atoms with E-state index in [4.69, 9.17) is 9.72 Å². The molecule has 1 spiro atoms. The van der Waals surface area contributed by atoms with E-state index in [2.05, 4.69) is 44.2 Å². The highest BCUT2D eigenvalue weighted by Gasteiger charge is 2.46. The molecule has 0 aliphatic carbocycles. The monoisotopic (exact) mass is 669 g/mol. The highest BCUT2D eigenvalue weighted by Crippen LogP contribution is 2.43. The number of aliphatic hydroxyl groups is 1. The number of carbonyl (C=O) groups is 1. The second-order valence-electron chi connectivity index (χ2n) is 15.1. The molecule has 3 fully saturated rings. The maximum Gasteiger partial charge on any atom is 0.261 e. The number of amides is 1. The topological polar surface area (TPSA) is 99.0 Å². The first-order valence-electron chi connectivity index (χ1n) is 17.4. The van der Waals surface area contributed by atoms with E-state index in [1.54, 1.807) is 45.0 Å². The zero-order chi connectivity index (χ0) is 34.5. The van der Waals surface area contributed by atoms with Gasteiger partial charge in [0, 0.05) is 49.2 Å². The van der Waals surface area contributed by atoms with Gasteiger partial charge >= 0.3 is 0 Å². The predicted octanol–water partition coefficient (Wildman–Crippen LogP) is 5.57. The number of benzene rings is 2. The van der Waals surface area contributed by atoms with E-state index in [9.17, 15) is 9.90 Å². The molecule has 3 aliphatic heterocycles. The number of imidazole rings is 1.